The van der Waals surface area contributed by atoms with Crippen molar-refractivity contribution in [3.8, 4) is 0 Å². The van der Waals surface area contributed by atoms with Gasteiger partial charge >= 0.3 is 5.97 Å². The molecule has 1 aliphatic carbocycles. The monoisotopic (exact) mass is 460 g/mol. The first kappa shape index (κ1) is 26.7. The van der Waals surface area contributed by atoms with Crippen LogP contribution in [0.15, 0.2) is 47.2 Å². The summed E-state index contributed by atoms with van der Waals surface area (Å²) in [6.45, 7) is 13.6. The van der Waals surface area contributed by atoms with E-state index in [-0.39, 0.29) is 35.2 Å². The molecule has 0 aromatic rings. The lowest BCUT2D eigenvalue weighted by Gasteiger charge is -2.35. The fourth-order valence-corrected chi connectivity index (χ4v) is 4.62. The second-order valence-electron chi connectivity index (χ2n) is 9.37. The smallest absolute Gasteiger partial charge is 0.303 e. The molecule has 1 heterocycles. The predicted octanol–water partition coefficient (Wildman–Crippen LogP) is 5.65. The molecule has 0 radical (unpaired) electrons. The number of ether oxygens (including phenoxy) is 4. The molecule has 33 heavy (non-hydrogen) atoms. The Bertz CT molecular complexity index is 834. The summed E-state index contributed by atoms with van der Waals surface area (Å²) in [5, 5.41) is 0. The minimum atomic E-state index is -0.648. The van der Waals surface area contributed by atoms with Crippen LogP contribution < -0.4 is 0 Å². The van der Waals surface area contributed by atoms with Crippen LogP contribution in [0.4, 0.5) is 0 Å². The molecule has 0 spiro atoms. The van der Waals surface area contributed by atoms with Crippen LogP contribution in [-0.4, -0.2) is 38.2 Å². The lowest BCUT2D eigenvalue weighted by Crippen LogP contribution is -2.42. The number of methoxy groups -OCH3 is 2. The third-order valence-electron chi connectivity index (χ3n) is 6.67. The van der Waals surface area contributed by atoms with Crippen LogP contribution in [0.5, 0.6) is 0 Å². The first-order valence-corrected chi connectivity index (χ1v) is 11.8. The highest BCUT2D eigenvalue weighted by molar-refractivity contribution is 5.97. The molecule has 6 heteroatoms. The van der Waals surface area contributed by atoms with Gasteiger partial charge in [0.25, 0.3) is 0 Å². The van der Waals surface area contributed by atoms with Gasteiger partial charge in [0.05, 0.1) is 20.0 Å². The number of carbonyl (C=O) groups excluding carboxylic acids is 2. The van der Waals surface area contributed by atoms with E-state index in [1.807, 2.05) is 6.92 Å². The van der Waals surface area contributed by atoms with Crippen molar-refractivity contribution >= 4 is 11.8 Å². The van der Waals surface area contributed by atoms with Gasteiger partial charge in [-0.1, -0.05) is 43.7 Å². The van der Waals surface area contributed by atoms with Gasteiger partial charge in [-0.3, -0.25) is 9.59 Å². The third kappa shape index (κ3) is 6.99. The summed E-state index contributed by atoms with van der Waals surface area (Å²) in [5.41, 5.74) is 2.57. The van der Waals surface area contributed by atoms with Crippen LogP contribution in [0.1, 0.15) is 66.7 Å². The van der Waals surface area contributed by atoms with E-state index >= 15 is 0 Å². The lowest BCUT2D eigenvalue weighted by molar-refractivity contribution is -0.153. The molecule has 0 aromatic carbocycles. The summed E-state index contributed by atoms with van der Waals surface area (Å²) in [7, 11) is 2.90. The Balaban J connectivity index is 2.00. The first-order valence-electron chi connectivity index (χ1n) is 11.8. The lowest BCUT2D eigenvalue weighted by atomic mass is 9.77. The fraction of sp³-hybridized carbons (Fsp3) is 0.630. The highest BCUT2D eigenvalue weighted by Crippen LogP contribution is 2.37. The number of allylic oxidation sites excluding steroid dienone is 5. The Morgan fingerprint density at radius 2 is 1.82 bits per heavy atom. The van der Waals surface area contributed by atoms with Crippen molar-refractivity contribution in [2.75, 3.05) is 14.2 Å². The van der Waals surface area contributed by atoms with E-state index < -0.39 is 12.1 Å². The largest absolute Gasteiger partial charge is 0.495 e. The number of ketones is 1. The van der Waals surface area contributed by atoms with Gasteiger partial charge in [0.2, 0.25) is 11.5 Å². The van der Waals surface area contributed by atoms with Crippen LogP contribution in [0, 0.1) is 17.8 Å². The molecular weight excluding hydrogens is 420 g/mol. The van der Waals surface area contributed by atoms with Crippen LogP contribution in [0.3, 0.4) is 0 Å². The Labute approximate surface area is 198 Å². The number of rotatable bonds is 10. The molecule has 5 atom stereocenters. The molecule has 0 saturated carbocycles. The number of hydrogen-bond acceptors (Lipinski definition) is 6. The molecule has 2 aliphatic rings. The van der Waals surface area contributed by atoms with Crippen LogP contribution in [0.25, 0.3) is 0 Å². The van der Waals surface area contributed by atoms with Gasteiger partial charge in [-0.2, -0.15) is 0 Å². The standard InChI is InChI=1S/C27H40O6/c1-16(10-9-11-17(2)14-22-15-18(3)20(5)32-22)12-13-23-19(4)24(29)26(30-7)27(31-8)25(23)33-21(6)28/h11-12,18-19,22-23,25H,5,9-10,13-15H2,1-4,6-8H3/b16-12+,17-11+. The fourth-order valence-electron chi connectivity index (χ4n) is 4.62. The second kappa shape index (κ2) is 12.1. The molecule has 1 saturated heterocycles. The summed E-state index contributed by atoms with van der Waals surface area (Å²) >= 11 is 0. The van der Waals surface area contributed by atoms with Crippen LogP contribution in [-0.2, 0) is 28.5 Å². The van der Waals surface area contributed by atoms with Gasteiger partial charge in [0.15, 0.2) is 11.9 Å². The summed E-state index contributed by atoms with van der Waals surface area (Å²) in [6, 6.07) is 0. The molecule has 5 unspecified atom stereocenters. The third-order valence-corrected chi connectivity index (χ3v) is 6.67. The maximum Gasteiger partial charge on any atom is 0.303 e. The van der Waals surface area contributed by atoms with E-state index in [1.165, 1.54) is 32.3 Å². The Morgan fingerprint density at radius 1 is 1.12 bits per heavy atom. The Kier molecular flexibility index (Phi) is 9.81. The minimum Gasteiger partial charge on any atom is -0.495 e. The van der Waals surface area contributed by atoms with Crippen LogP contribution >= 0.6 is 0 Å². The Morgan fingerprint density at radius 3 is 2.36 bits per heavy atom. The molecule has 0 amide bonds. The Hall–Kier alpha value is -2.50. The summed E-state index contributed by atoms with van der Waals surface area (Å²) in [5.74, 6) is 0.662. The summed E-state index contributed by atoms with van der Waals surface area (Å²) in [4.78, 5) is 24.5. The molecule has 2 rings (SSSR count). The van der Waals surface area contributed by atoms with E-state index in [2.05, 4.69) is 39.5 Å². The van der Waals surface area contributed by atoms with Crippen molar-refractivity contribution in [3.63, 3.8) is 0 Å². The van der Waals surface area contributed by atoms with E-state index in [1.54, 1.807) is 0 Å². The van der Waals surface area contributed by atoms with Crippen LogP contribution in [0.2, 0.25) is 0 Å². The highest BCUT2D eigenvalue weighted by atomic mass is 16.6. The maximum absolute atomic E-state index is 12.8. The zero-order valence-corrected chi connectivity index (χ0v) is 21.2. The van der Waals surface area contributed by atoms with Gasteiger partial charge in [-0.05, 0) is 39.5 Å². The van der Waals surface area contributed by atoms with Crippen molar-refractivity contribution in [3.05, 3.63) is 47.2 Å². The van der Waals surface area contributed by atoms with Crippen molar-refractivity contribution in [2.45, 2.75) is 78.9 Å². The maximum atomic E-state index is 12.8. The number of esters is 1. The highest BCUT2D eigenvalue weighted by Gasteiger charge is 2.45. The van der Waals surface area contributed by atoms with Gasteiger partial charge in [0.1, 0.15) is 6.10 Å². The molecule has 6 nitrogen and oxygen atoms in total. The van der Waals surface area contributed by atoms with Gasteiger partial charge in [0, 0.05) is 31.1 Å². The molecule has 0 N–H and O–H groups in total. The molecular formula is C27H40O6. The topological polar surface area (TPSA) is 71.1 Å². The van der Waals surface area contributed by atoms with Gasteiger partial charge < -0.3 is 18.9 Å². The summed E-state index contributed by atoms with van der Waals surface area (Å²) < 4.78 is 22.1. The quantitative estimate of drug-likeness (QED) is 0.310. The van der Waals surface area contributed by atoms with E-state index in [0.29, 0.717) is 12.3 Å². The van der Waals surface area contributed by atoms with E-state index in [0.717, 1.165) is 31.4 Å². The van der Waals surface area contributed by atoms with Gasteiger partial charge in [-0.15, -0.1) is 0 Å². The van der Waals surface area contributed by atoms with Crippen molar-refractivity contribution < 1.29 is 28.5 Å². The number of hydrogen-bond donors (Lipinski definition) is 0. The van der Waals surface area contributed by atoms with Gasteiger partial charge in [-0.25, -0.2) is 0 Å². The molecule has 0 aromatic heterocycles. The summed E-state index contributed by atoms with van der Waals surface area (Å²) in [6.07, 6.45) is 8.46. The van der Waals surface area contributed by atoms with Crippen molar-refractivity contribution in [2.24, 2.45) is 17.8 Å². The molecule has 1 aliphatic heterocycles. The first-order chi connectivity index (χ1) is 15.6. The number of carbonyl (C=O) groups is 2. The zero-order chi connectivity index (χ0) is 24.7. The second-order valence-corrected chi connectivity index (χ2v) is 9.37. The number of Topliss-reactive ketones (excluding diaryl/α,β-unsaturated/α-hetero) is 1. The predicted molar refractivity (Wildman–Crippen MR) is 128 cm³/mol. The van der Waals surface area contributed by atoms with Crippen molar-refractivity contribution in [1.29, 1.82) is 0 Å². The zero-order valence-electron chi connectivity index (χ0n) is 21.2. The average molecular weight is 461 g/mol. The normalized spacial score (nSPS) is 28.6. The minimum absolute atomic E-state index is 0.126. The van der Waals surface area contributed by atoms with E-state index in [9.17, 15) is 9.59 Å². The SMILES string of the molecule is C=C1OC(C/C(C)=C/CC/C(C)=C/CC2C(C)C(=O)C(OC)=C(OC)C2OC(C)=O)CC1C. The average Bonchev–Trinajstić information content (AvgIpc) is 3.06. The van der Waals surface area contributed by atoms with Crippen molar-refractivity contribution in [1.82, 2.24) is 0 Å². The molecule has 1 fully saturated rings. The molecule has 184 valence electrons. The van der Waals surface area contributed by atoms with E-state index in [4.69, 9.17) is 18.9 Å². The molecule has 0 bridgehead atoms.